The van der Waals surface area contributed by atoms with Crippen LogP contribution in [0.2, 0.25) is 0 Å². The van der Waals surface area contributed by atoms with E-state index in [4.69, 9.17) is 0 Å². The first-order valence-electron chi connectivity index (χ1n) is 5.09. The Balaban J connectivity index is 0.00000112. The summed E-state index contributed by atoms with van der Waals surface area (Å²) in [7, 11) is 0. The minimum Gasteiger partial charge on any atom is -0.309 e. The zero-order valence-electron chi connectivity index (χ0n) is 9.14. The standard InChI is InChI=1S/C10H17N3S.ClH/c1-8-3-13(4-9(2)12-8)5-10-6-14-7-11-10;/h6-9,12H,3-5H2,1-2H3;1H. The monoisotopic (exact) mass is 247 g/mol. The van der Waals surface area contributed by atoms with Crippen LogP contribution in [0.3, 0.4) is 0 Å². The largest absolute Gasteiger partial charge is 0.309 e. The topological polar surface area (TPSA) is 28.2 Å². The van der Waals surface area contributed by atoms with Gasteiger partial charge in [0, 0.05) is 37.1 Å². The molecule has 0 aliphatic carbocycles. The summed E-state index contributed by atoms with van der Waals surface area (Å²) in [5.74, 6) is 0. The lowest BCUT2D eigenvalue weighted by atomic mass is 10.1. The van der Waals surface area contributed by atoms with Gasteiger partial charge in [0.25, 0.3) is 0 Å². The summed E-state index contributed by atoms with van der Waals surface area (Å²) in [6, 6.07) is 1.19. The quantitative estimate of drug-likeness (QED) is 0.863. The summed E-state index contributed by atoms with van der Waals surface area (Å²) in [5.41, 5.74) is 3.11. The highest BCUT2D eigenvalue weighted by Crippen LogP contribution is 2.10. The summed E-state index contributed by atoms with van der Waals surface area (Å²) in [6.07, 6.45) is 0. The Labute approximate surface area is 101 Å². The number of piperazine rings is 1. The Kier molecular flexibility index (Phi) is 4.99. The molecule has 1 aromatic rings. The van der Waals surface area contributed by atoms with Crippen LogP contribution < -0.4 is 5.32 Å². The van der Waals surface area contributed by atoms with Crippen LogP contribution >= 0.6 is 23.7 Å². The van der Waals surface area contributed by atoms with Gasteiger partial charge in [0.2, 0.25) is 0 Å². The van der Waals surface area contributed by atoms with E-state index < -0.39 is 0 Å². The molecule has 1 aromatic heterocycles. The Morgan fingerprint density at radius 3 is 2.67 bits per heavy atom. The van der Waals surface area contributed by atoms with Crippen LogP contribution in [0, 0.1) is 0 Å². The minimum atomic E-state index is 0. The number of thiazole rings is 1. The molecule has 1 N–H and O–H groups in total. The number of hydrogen-bond donors (Lipinski definition) is 1. The summed E-state index contributed by atoms with van der Waals surface area (Å²) in [6.45, 7) is 7.73. The van der Waals surface area contributed by atoms with E-state index in [2.05, 4.69) is 34.4 Å². The molecule has 2 unspecified atom stereocenters. The molecular formula is C10H18ClN3S. The van der Waals surface area contributed by atoms with Crippen molar-refractivity contribution in [1.29, 1.82) is 0 Å². The number of nitrogens with zero attached hydrogens (tertiary/aromatic N) is 2. The highest BCUT2D eigenvalue weighted by molar-refractivity contribution is 7.07. The third kappa shape index (κ3) is 3.72. The molecule has 3 nitrogen and oxygen atoms in total. The van der Waals surface area contributed by atoms with Gasteiger partial charge in [-0.05, 0) is 13.8 Å². The molecule has 0 bridgehead atoms. The Morgan fingerprint density at radius 2 is 2.13 bits per heavy atom. The molecular weight excluding hydrogens is 230 g/mol. The zero-order chi connectivity index (χ0) is 9.97. The summed E-state index contributed by atoms with van der Waals surface area (Å²) < 4.78 is 0. The van der Waals surface area contributed by atoms with Crippen molar-refractivity contribution in [3.63, 3.8) is 0 Å². The van der Waals surface area contributed by atoms with Gasteiger partial charge < -0.3 is 5.32 Å². The van der Waals surface area contributed by atoms with Crippen LogP contribution in [0.1, 0.15) is 19.5 Å². The molecule has 0 amide bonds. The molecule has 1 aliphatic rings. The van der Waals surface area contributed by atoms with E-state index in [1.54, 1.807) is 11.3 Å². The Hall–Kier alpha value is -0.160. The van der Waals surface area contributed by atoms with Gasteiger partial charge in [-0.2, -0.15) is 0 Å². The molecule has 1 aliphatic heterocycles. The van der Waals surface area contributed by atoms with E-state index in [1.807, 2.05) is 5.51 Å². The maximum absolute atomic E-state index is 4.32. The van der Waals surface area contributed by atoms with Crippen LogP contribution in [-0.2, 0) is 6.54 Å². The third-order valence-corrected chi connectivity index (χ3v) is 3.14. The zero-order valence-corrected chi connectivity index (χ0v) is 10.8. The van der Waals surface area contributed by atoms with Crippen LogP contribution in [0.4, 0.5) is 0 Å². The molecule has 0 radical (unpaired) electrons. The van der Waals surface area contributed by atoms with E-state index in [1.165, 1.54) is 5.69 Å². The van der Waals surface area contributed by atoms with E-state index in [-0.39, 0.29) is 12.4 Å². The van der Waals surface area contributed by atoms with Gasteiger partial charge in [-0.25, -0.2) is 4.98 Å². The fraction of sp³-hybridized carbons (Fsp3) is 0.700. The second kappa shape index (κ2) is 5.80. The molecule has 1 fully saturated rings. The summed E-state index contributed by atoms with van der Waals surface area (Å²) in [5, 5.41) is 5.67. The van der Waals surface area contributed by atoms with Gasteiger partial charge in [0.15, 0.2) is 0 Å². The van der Waals surface area contributed by atoms with Gasteiger partial charge in [-0.3, -0.25) is 4.90 Å². The molecule has 1 saturated heterocycles. The lowest BCUT2D eigenvalue weighted by molar-refractivity contribution is 0.165. The molecule has 0 saturated carbocycles. The number of nitrogens with one attached hydrogen (secondary N) is 1. The normalized spacial score (nSPS) is 27.3. The second-order valence-corrected chi connectivity index (χ2v) is 4.86. The molecule has 86 valence electrons. The second-order valence-electron chi connectivity index (χ2n) is 4.14. The van der Waals surface area contributed by atoms with E-state index in [9.17, 15) is 0 Å². The first kappa shape index (κ1) is 12.9. The van der Waals surface area contributed by atoms with Crippen molar-refractivity contribution in [3.8, 4) is 0 Å². The lowest BCUT2D eigenvalue weighted by Crippen LogP contribution is -2.53. The lowest BCUT2D eigenvalue weighted by Gasteiger charge is -2.35. The molecule has 0 aromatic carbocycles. The Morgan fingerprint density at radius 1 is 1.47 bits per heavy atom. The van der Waals surface area contributed by atoms with Crippen molar-refractivity contribution in [2.45, 2.75) is 32.5 Å². The van der Waals surface area contributed by atoms with Gasteiger partial charge in [0.1, 0.15) is 0 Å². The van der Waals surface area contributed by atoms with Crippen molar-refractivity contribution in [2.24, 2.45) is 0 Å². The van der Waals surface area contributed by atoms with Crippen LogP contribution in [-0.4, -0.2) is 35.1 Å². The van der Waals surface area contributed by atoms with Crippen LogP contribution in [0.25, 0.3) is 0 Å². The van der Waals surface area contributed by atoms with Crippen molar-refractivity contribution in [2.75, 3.05) is 13.1 Å². The number of hydrogen-bond acceptors (Lipinski definition) is 4. The minimum absolute atomic E-state index is 0. The fourth-order valence-corrected chi connectivity index (χ4v) is 2.66. The first-order chi connectivity index (χ1) is 6.74. The predicted octanol–water partition coefficient (Wildman–Crippen LogP) is 1.75. The predicted molar refractivity (Wildman–Crippen MR) is 66.7 cm³/mol. The number of rotatable bonds is 2. The van der Waals surface area contributed by atoms with Gasteiger partial charge in [0.05, 0.1) is 11.2 Å². The molecule has 15 heavy (non-hydrogen) atoms. The molecule has 2 heterocycles. The average Bonchev–Trinajstić information content (AvgIpc) is 2.54. The highest BCUT2D eigenvalue weighted by atomic mass is 35.5. The maximum Gasteiger partial charge on any atom is 0.0795 e. The SMILES string of the molecule is CC1CN(Cc2cscn2)CC(C)N1.Cl. The Bertz CT molecular complexity index is 268. The molecule has 2 rings (SSSR count). The third-order valence-electron chi connectivity index (χ3n) is 2.50. The average molecular weight is 248 g/mol. The molecule has 2 atom stereocenters. The van der Waals surface area contributed by atoms with Crippen molar-refractivity contribution < 1.29 is 0 Å². The van der Waals surface area contributed by atoms with Gasteiger partial charge >= 0.3 is 0 Å². The van der Waals surface area contributed by atoms with Crippen molar-refractivity contribution in [3.05, 3.63) is 16.6 Å². The molecule has 5 heteroatoms. The summed E-state index contributed by atoms with van der Waals surface area (Å²) >= 11 is 1.68. The number of halogens is 1. The van der Waals surface area contributed by atoms with Crippen molar-refractivity contribution in [1.82, 2.24) is 15.2 Å². The van der Waals surface area contributed by atoms with Crippen LogP contribution in [0.15, 0.2) is 10.9 Å². The maximum atomic E-state index is 4.32. The van der Waals surface area contributed by atoms with E-state index >= 15 is 0 Å². The number of aromatic nitrogens is 1. The summed E-state index contributed by atoms with van der Waals surface area (Å²) in [4.78, 5) is 6.79. The first-order valence-corrected chi connectivity index (χ1v) is 6.04. The fourth-order valence-electron chi connectivity index (χ4n) is 2.11. The van der Waals surface area contributed by atoms with E-state index in [0.717, 1.165) is 19.6 Å². The molecule has 0 spiro atoms. The smallest absolute Gasteiger partial charge is 0.0795 e. The van der Waals surface area contributed by atoms with Gasteiger partial charge in [-0.1, -0.05) is 0 Å². The highest BCUT2D eigenvalue weighted by Gasteiger charge is 2.20. The van der Waals surface area contributed by atoms with Crippen LogP contribution in [0.5, 0.6) is 0 Å². The van der Waals surface area contributed by atoms with Crippen molar-refractivity contribution >= 4 is 23.7 Å². The van der Waals surface area contributed by atoms with E-state index in [0.29, 0.717) is 12.1 Å². The van der Waals surface area contributed by atoms with Gasteiger partial charge in [-0.15, -0.1) is 23.7 Å².